The summed E-state index contributed by atoms with van der Waals surface area (Å²) in [4.78, 5) is 27.1. The number of carbonyl (C=O) groups excluding carboxylic acids is 1. The highest BCUT2D eigenvalue weighted by atomic mass is 35.5. The monoisotopic (exact) mass is 410 g/mol. The van der Waals surface area contributed by atoms with Crippen LogP contribution in [0.3, 0.4) is 0 Å². The number of halogens is 1. The first-order valence-corrected chi connectivity index (χ1v) is 9.72. The highest BCUT2D eigenvalue weighted by molar-refractivity contribution is 8.04. The molecule has 2 aromatic rings. The second kappa shape index (κ2) is 8.47. The maximum Gasteiger partial charge on any atom is 0.259 e. The third kappa shape index (κ3) is 4.21. The Balaban J connectivity index is 0.00000210. The molecule has 0 aliphatic carbocycles. The molecule has 0 spiro atoms. The Morgan fingerprint density at radius 2 is 2.33 bits per heavy atom. The van der Waals surface area contributed by atoms with Gasteiger partial charge >= 0.3 is 0 Å². The molecular weight excluding hydrogens is 388 g/mol. The molecule has 0 saturated carbocycles. The van der Waals surface area contributed by atoms with Gasteiger partial charge in [0, 0.05) is 43.3 Å². The molecule has 146 valence electrons. The molecule has 4 rings (SSSR count). The lowest BCUT2D eigenvalue weighted by atomic mass is 10.1. The number of nitrogens with zero attached hydrogens (tertiary/aromatic N) is 3. The minimum atomic E-state index is -0.334. The maximum absolute atomic E-state index is 12.7. The number of aromatic nitrogens is 3. The number of rotatable bonds is 4. The van der Waals surface area contributed by atoms with Gasteiger partial charge < -0.3 is 25.6 Å². The van der Waals surface area contributed by atoms with Crippen molar-refractivity contribution < 1.29 is 9.90 Å². The van der Waals surface area contributed by atoms with Crippen LogP contribution in [0, 0.1) is 0 Å². The van der Waals surface area contributed by atoms with Crippen molar-refractivity contribution >= 4 is 46.9 Å². The molecule has 4 heterocycles. The van der Waals surface area contributed by atoms with E-state index < -0.39 is 0 Å². The van der Waals surface area contributed by atoms with Crippen LogP contribution in [0.5, 0.6) is 0 Å². The molecule has 2 aliphatic heterocycles. The van der Waals surface area contributed by atoms with E-state index >= 15 is 0 Å². The molecule has 1 amide bonds. The normalized spacial score (nSPS) is 23.6. The summed E-state index contributed by atoms with van der Waals surface area (Å²) >= 11 is 1.55. The van der Waals surface area contributed by atoms with E-state index in [1.807, 2.05) is 30.3 Å². The largest absolute Gasteiger partial charge is 0.392 e. The zero-order valence-corrected chi connectivity index (χ0v) is 16.5. The third-order valence-corrected chi connectivity index (χ3v) is 5.78. The van der Waals surface area contributed by atoms with Crippen LogP contribution in [-0.4, -0.2) is 63.0 Å². The number of amides is 1. The molecule has 2 aliphatic rings. The van der Waals surface area contributed by atoms with Gasteiger partial charge in [0.2, 0.25) is 0 Å². The number of fused-ring (bicyclic) bond motifs is 1. The van der Waals surface area contributed by atoms with Crippen molar-refractivity contribution in [2.75, 3.05) is 23.7 Å². The maximum atomic E-state index is 12.7. The van der Waals surface area contributed by atoms with Crippen molar-refractivity contribution in [1.29, 1.82) is 0 Å². The zero-order chi connectivity index (χ0) is 18.1. The van der Waals surface area contributed by atoms with Gasteiger partial charge in [-0.1, -0.05) is 0 Å². The molecule has 0 radical (unpaired) electrons. The van der Waals surface area contributed by atoms with E-state index in [0.717, 1.165) is 29.1 Å². The van der Waals surface area contributed by atoms with E-state index in [4.69, 9.17) is 0 Å². The fourth-order valence-corrected chi connectivity index (χ4v) is 4.28. The molecule has 10 heteroatoms. The molecule has 0 aromatic carbocycles. The molecular formula is C17H23ClN6O2S. The second-order valence-corrected chi connectivity index (χ2v) is 7.78. The minimum Gasteiger partial charge on any atom is -0.392 e. The number of aromatic amines is 1. The van der Waals surface area contributed by atoms with Gasteiger partial charge in [-0.3, -0.25) is 4.79 Å². The molecule has 3 atom stereocenters. The number of hydrogen-bond donors (Lipinski definition) is 4. The number of hydrogen-bond acceptors (Lipinski definition) is 7. The molecule has 1 saturated heterocycles. The molecule has 4 N–H and O–H groups in total. The number of aliphatic hydroxyl groups is 1. The number of anilines is 1. The highest BCUT2D eigenvalue weighted by Crippen LogP contribution is 2.29. The van der Waals surface area contributed by atoms with Crippen molar-refractivity contribution in [3.8, 4) is 0 Å². The summed E-state index contributed by atoms with van der Waals surface area (Å²) in [6, 6.07) is 1.99. The van der Waals surface area contributed by atoms with Crippen LogP contribution in [0.4, 0.5) is 5.82 Å². The molecule has 8 nitrogen and oxygen atoms in total. The van der Waals surface area contributed by atoms with Crippen molar-refractivity contribution in [3.05, 3.63) is 29.7 Å². The molecule has 27 heavy (non-hydrogen) atoms. The Kier molecular flexibility index (Phi) is 6.25. The van der Waals surface area contributed by atoms with E-state index in [-0.39, 0.29) is 36.5 Å². The first-order valence-electron chi connectivity index (χ1n) is 8.73. The summed E-state index contributed by atoms with van der Waals surface area (Å²) in [5.41, 5.74) is 0.784. The summed E-state index contributed by atoms with van der Waals surface area (Å²) in [5, 5.41) is 16.9. The number of aliphatic hydroxyl groups excluding tert-OH is 1. The van der Waals surface area contributed by atoms with Crippen LogP contribution in [0.1, 0.15) is 13.3 Å². The fourth-order valence-electron chi connectivity index (χ4n) is 3.38. The summed E-state index contributed by atoms with van der Waals surface area (Å²) in [6.07, 6.45) is 5.56. The van der Waals surface area contributed by atoms with Gasteiger partial charge in [0.25, 0.3) is 5.91 Å². The minimum absolute atomic E-state index is 0. The molecule has 2 aromatic heterocycles. The first kappa shape index (κ1) is 19.9. The quantitative estimate of drug-likeness (QED) is 0.595. The van der Waals surface area contributed by atoms with Crippen molar-refractivity contribution in [3.63, 3.8) is 0 Å². The Bertz CT molecular complexity index is 844. The summed E-state index contributed by atoms with van der Waals surface area (Å²) < 4.78 is 0. The standard InChI is InChI=1S/C17H22N6O2S.ClH/c1-10(13-6-11(24)7-19-13)22-17(25)14-8-23(4-5-26-14)16-12-2-3-18-15(12)20-9-21-16;/h2-3,8-11,13,19,24H,4-7H2,1H3,(H,22,25)(H,18,20,21);1H/t10?,11-,13-;/m1./s1. The van der Waals surface area contributed by atoms with Gasteiger partial charge in [-0.2, -0.15) is 0 Å². The van der Waals surface area contributed by atoms with Gasteiger partial charge in [0.1, 0.15) is 17.8 Å². The van der Waals surface area contributed by atoms with Crippen LogP contribution in [-0.2, 0) is 4.79 Å². The Morgan fingerprint density at radius 3 is 3.11 bits per heavy atom. The lowest BCUT2D eigenvalue weighted by Gasteiger charge is -2.27. The Hall–Kier alpha value is -1.81. The Morgan fingerprint density at radius 1 is 1.48 bits per heavy atom. The Labute approximate surface area is 167 Å². The van der Waals surface area contributed by atoms with Gasteiger partial charge in [0.05, 0.1) is 16.4 Å². The van der Waals surface area contributed by atoms with Gasteiger partial charge in [-0.25, -0.2) is 9.97 Å². The highest BCUT2D eigenvalue weighted by Gasteiger charge is 2.29. The van der Waals surface area contributed by atoms with Gasteiger partial charge in [0.15, 0.2) is 0 Å². The van der Waals surface area contributed by atoms with Gasteiger partial charge in [-0.15, -0.1) is 24.2 Å². The summed E-state index contributed by atoms with van der Waals surface area (Å²) in [7, 11) is 0. The number of carbonyl (C=O) groups is 1. The number of H-pyrrole nitrogens is 1. The average Bonchev–Trinajstić information content (AvgIpc) is 3.30. The number of thioether (sulfide) groups is 1. The van der Waals surface area contributed by atoms with Crippen molar-refractivity contribution in [2.24, 2.45) is 0 Å². The second-order valence-electron chi connectivity index (χ2n) is 6.64. The molecule has 1 fully saturated rings. The summed E-state index contributed by atoms with van der Waals surface area (Å²) in [6.45, 7) is 3.33. The topological polar surface area (TPSA) is 106 Å². The average molecular weight is 411 g/mol. The van der Waals surface area contributed by atoms with Crippen molar-refractivity contribution in [2.45, 2.75) is 31.5 Å². The van der Waals surface area contributed by atoms with Crippen LogP contribution < -0.4 is 15.5 Å². The smallest absolute Gasteiger partial charge is 0.259 e. The molecule has 0 bridgehead atoms. The lowest BCUT2D eigenvalue weighted by molar-refractivity contribution is -0.117. The van der Waals surface area contributed by atoms with E-state index in [0.29, 0.717) is 17.9 Å². The van der Waals surface area contributed by atoms with E-state index in [9.17, 15) is 9.90 Å². The van der Waals surface area contributed by atoms with Crippen LogP contribution in [0.25, 0.3) is 11.0 Å². The SMILES string of the molecule is CC(NC(=O)C1=CN(c2ncnc3[nH]ccc23)CCS1)[C@H]1C[C@@H](O)CN1.Cl. The van der Waals surface area contributed by atoms with E-state index in [1.165, 1.54) is 6.33 Å². The number of nitrogens with one attached hydrogen (secondary N) is 3. The first-order chi connectivity index (χ1) is 12.6. The third-order valence-electron chi connectivity index (χ3n) is 4.80. The number of β-amino-alcohol motifs (C(OH)–C–C–N with tert-alkyl or cyclic N) is 1. The zero-order valence-electron chi connectivity index (χ0n) is 14.9. The van der Waals surface area contributed by atoms with Crippen molar-refractivity contribution in [1.82, 2.24) is 25.6 Å². The predicted molar refractivity (Wildman–Crippen MR) is 109 cm³/mol. The van der Waals surface area contributed by atoms with Crippen LogP contribution >= 0.6 is 24.2 Å². The van der Waals surface area contributed by atoms with Crippen LogP contribution in [0.15, 0.2) is 29.7 Å². The summed E-state index contributed by atoms with van der Waals surface area (Å²) in [5.74, 6) is 1.52. The molecule has 1 unspecified atom stereocenters. The van der Waals surface area contributed by atoms with Crippen LogP contribution in [0.2, 0.25) is 0 Å². The van der Waals surface area contributed by atoms with E-state index in [1.54, 1.807) is 11.8 Å². The lowest BCUT2D eigenvalue weighted by Crippen LogP contribution is -2.46. The van der Waals surface area contributed by atoms with E-state index in [2.05, 4.69) is 25.6 Å². The predicted octanol–water partition coefficient (Wildman–Crippen LogP) is 1.00. The fraction of sp³-hybridized carbons (Fsp3) is 0.471. The van der Waals surface area contributed by atoms with Gasteiger partial charge in [-0.05, 0) is 19.4 Å².